The first-order valence-electron chi connectivity index (χ1n) is 6.90. The molecule has 1 rings (SSSR count). The first-order valence-corrected chi connectivity index (χ1v) is 6.90. The molecule has 1 aromatic rings. The first-order chi connectivity index (χ1) is 8.38. The molecule has 0 spiro atoms. The van der Waals surface area contributed by atoms with Gasteiger partial charge in [-0.05, 0) is 75.9 Å². The maximum absolute atomic E-state index is 10.6. The lowest BCUT2D eigenvalue weighted by Gasteiger charge is -2.27. The van der Waals surface area contributed by atoms with Crippen LogP contribution in [0.2, 0.25) is 0 Å². The number of rotatable bonds is 6. The average molecular weight is 249 g/mol. The standard InChI is InChI=1S/C16H27NO/c1-6-8-17-9-7-16(5,18)15-11-13(3)12(2)10-14(15)4/h10-11,17-18H,6-9H2,1-5H3. The zero-order valence-electron chi connectivity index (χ0n) is 12.4. The predicted octanol–water partition coefficient (Wildman–Crippen LogP) is 3.21. The van der Waals surface area contributed by atoms with Crippen molar-refractivity contribution in [2.75, 3.05) is 13.1 Å². The third-order valence-corrected chi connectivity index (χ3v) is 3.64. The highest BCUT2D eigenvalue weighted by Gasteiger charge is 2.24. The summed E-state index contributed by atoms with van der Waals surface area (Å²) < 4.78 is 0. The fourth-order valence-corrected chi connectivity index (χ4v) is 2.31. The molecular formula is C16H27NO. The van der Waals surface area contributed by atoms with Crippen LogP contribution in [-0.2, 0) is 5.60 Å². The van der Waals surface area contributed by atoms with Gasteiger partial charge < -0.3 is 10.4 Å². The lowest BCUT2D eigenvalue weighted by atomic mass is 9.86. The van der Waals surface area contributed by atoms with E-state index in [0.717, 1.165) is 31.5 Å². The molecule has 0 aliphatic carbocycles. The average Bonchev–Trinajstić information content (AvgIpc) is 2.29. The van der Waals surface area contributed by atoms with Gasteiger partial charge in [0.15, 0.2) is 0 Å². The summed E-state index contributed by atoms with van der Waals surface area (Å²) in [4.78, 5) is 0. The second-order valence-electron chi connectivity index (χ2n) is 5.53. The molecule has 0 saturated carbocycles. The van der Waals surface area contributed by atoms with Crippen LogP contribution in [0.1, 0.15) is 48.9 Å². The van der Waals surface area contributed by atoms with Gasteiger partial charge in [-0.1, -0.05) is 19.1 Å². The van der Waals surface area contributed by atoms with Crippen molar-refractivity contribution in [1.29, 1.82) is 0 Å². The topological polar surface area (TPSA) is 32.3 Å². The number of aryl methyl sites for hydroxylation is 3. The van der Waals surface area contributed by atoms with Crippen molar-refractivity contribution >= 4 is 0 Å². The van der Waals surface area contributed by atoms with Crippen LogP contribution in [-0.4, -0.2) is 18.2 Å². The maximum atomic E-state index is 10.6. The van der Waals surface area contributed by atoms with E-state index in [1.165, 1.54) is 16.7 Å². The Balaban J connectivity index is 2.80. The summed E-state index contributed by atoms with van der Waals surface area (Å²) in [5.41, 5.74) is 4.03. The molecule has 1 aromatic carbocycles. The third-order valence-electron chi connectivity index (χ3n) is 3.64. The molecule has 0 aromatic heterocycles. The number of nitrogens with one attached hydrogen (secondary N) is 1. The van der Waals surface area contributed by atoms with Crippen molar-refractivity contribution in [3.05, 3.63) is 34.4 Å². The van der Waals surface area contributed by atoms with E-state index >= 15 is 0 Å². The molecule has 1 atom stereocenters. The number of hydrogen-bond acceptors (Lipinski definition) is 2. The van der Waals surface area contributed by atoms with Gasteiger partial charge in [-0.15, -0.1) is 0 Å². The number of aliphatic hydroxyl groups is 1. The molecule has 0 fully saturated rings. The zero-order chi connectivity index (χ0) is 13.8. The SMILES string of the molecule is CCCNCCC(C)(O)c1cc(C)c(C)cc1C. The first kappa shape index (κ1) is 15.2. The number of hydrogen-bond donors (Lipinski definition) is 2. The van der Waals surface area contributed by atoms with E-state index in [1.807, 2.05) is 6.92 Å². The largest absolute Gasteiger partial charge is 0.385 e. The Hall–Kier alpha value is -0.860. The summed E-state index contributed by atoms with van der Waals surface area (Å²) in [7, 11) is 0. The van der Waals surface area contributed by atoms with Gasteiger partial charge in [0.25, 0.3) is 0 Å². The Bertz CT molecular complexity index is 396. The van der Waals surface area contributed by atoms with E-state index < -0.39 is 5.60 Å². The number of benzene rings is 1. The summed E-state index contributed by atoms with van der Waals surface area (Å²) in [6, 6.07) is 4.29. The second kappa shape index (κ2) is 6.35. The highest BCUT2D eigenvalue weighted by atomic mass is 16.3. The predicted molar refractivity (Wildman–Crippen MR) is 78.0 cm³/mol. The van der Waals surface area contributed by atoms with Crippen LogP contribution in [0.5, 0.6) is 0 Å². The van der Waals surface area contributed by atoms with Gasteiger partial charge in [-0.2, -0.15) is 0 Å². The summed E-state index contributed by atoms with van der Waals surface area (Å²) >= 11 is 0. The Kier molecular flexibility index (Phi) is 5.36. The second-order valence-corrected chi connectivity index (χ2v) is 5.53. The van der Waals surface area contributed by atoms with Gasteiger partial charge in [0.1, 0.15) is 0 Å². The molecule has 2 heteroatoms. The zero-order valence-corrected chi connectivity index (χ0v) is 12.4. The van der Waals surface area contributed by atoms with Crippen molar-refractivity contribution in [2.24, 2.45) is 0 Å². The monoisotopic (exact) mass is 249 g/mol. The molecule has 0 aliphatic heterocycles. The van der Waals surface area contributed by atoms with E-state index in [0.29, 0.717) is 0 Å². The third kappa shape index (κ3) is 3.82. The van der Waals surface area contributed by atoms with Crippen LogP contribution in [0.4, 0.5) is 0 Å². The molecule has 102 valence electrons. The van der Waals surface area contributed by atoms with Gasteiger partial charge >= 0.3 is 0 Å². The molecule has 1 unspecified atom stereocenters. The minimum absolute atomic E-state index is 0.746. The van der Waals surface area contributed by atoms with Gasteiger partial charge in [0.2, 0.25) is 0 Å². The molecule has 0 aliphatic rings. The van der Waals surface area contributed by atoms with Gasteiger partial charge in [0, 0.05) is 0 Å². The quantitative estimate of drug-likeness (QED) is 0.759. The molecule has 0 amide bonds. The maximum Gasteiger partial charge on any atom is 0.0883 e. The molecule has 0 heterocycles. The Labute approximate surface area is 111 Å². The minimum atomic E-state index is -0.747. The van der Waals surface area contributed by atoms with Crippen LogP contribution in [0.15, 0.2) is 12.1 Å². The lowest BCUT2D eigenvalue weighted by Crippen LogP contribution is -2.29. The summed E-state index contributed by atoms with van der Waals surface area (Å²) in [6.07, 6.45) is 1.88. The molecule has 2 nitrogen and oxygen atoms in total. The minimum Gasteiger partial charge on any atom is -0.385 e. The molecule has 2 N–H and O–H groups in total. The van der Waals surface area contributed by atoms with Crippen LogP contribution >= 0.6 is 0 Å². The summed E-state index contributed by atoms with van der Waals surface area (Å²) in [6.45, 7) is 12.2. The van der Waals surface area contributed by atoms with Gasteiger partial charge in [-0.3, -0.25) is 0 Å². The van der Waals surface area contributed by atoms with E-state index in [2.05, 4.69) is 45.1 Å². The van der Waals surface area contributed by atoms with Gasteiger partial charge in [0.05, 0.1) is 5.60 Å². The summed E-state index contributed by atoms with van der Waals surface area (Å²) in [5, 5.41) is 14.0. The lowest BCUT2D eigenvalue weighted by molar-refractivity contribution is 0.0474. The Morgan fingerprint density at radius 3 is 2.28 bits per heavy atom. The fourth-order valence-electron chi connectivity index (χ4n) is 2.31. The van der Waals surface area contributed by atoms with Crippen molar-refractivity contribution in [2.45, 2.75) is 53.1 Å². The summed E-state index contributed by atoms with van der Waals surface area (Å²) in [5.74, 6) is 0. The van der Waals surface area contributed by atoms with E-state index in [-0.39, 0.29) is 0 Å². The van der Waals surface area contributed by atoms with E-state index in [9.17, 15) is 5.11 Å². The van der Waals surface area contributed by atoms with Crippen LogP contribution in [0.3, 0.4) is 0 Å². The smallest absolute Gasteiger partial charge is 0.0883 e. The molecule has 0 bridgehead atoms. The molecule has 0 saturated heterocycles. The van der Waals surface area contributed by atoms with Crippen LogP contribution in [0.25, 0.3) is 0 Å². The normalized spacial score (nSPS) is 14.6. The van der Waals surface area contributed by atoms with Crippen molar-refractivity contribution in [3.8, 4) is 0 Å². The van der Waals surface area contributed by atoms with Crippen molar-refractivity contribution in [1.82, 2.24) is 5.32 Å². The van der Waals surface area contributed by atoms with Crippen LogP contribution < -0.4 is 5.32 Å². The highest BCUT2D eigenvalue weighted by Crippen LogP contribution is 2.29. The molecule has 0 radical (unpaired) electrons. The van der Waals surface area contributed by atoms with Gasteiger partial charge in [-0.25, -0.2) is 0 Å². The van der Waals surface area contributed by atoms with E-state index in [1.54, 1.807) is 0 Å². The fraction of sp³-hybridized carbons (Fsp3) is 0.625. The molecule has 18 heavy (non-hydrogen) atoms. The van der Waals surface area contributed by atoms with E-state index in [4.69, 9.17) is 0 Å². The highest BCUT2D eigenvalue weighted by molar-refractivity contribution is 5.39. The van der Waals surface area contributed by atoms with Crippen molar-refractivity contribution in [3.63, 3.8) is 0 Å². The Morgan fingerprint density at radius 1 is 1.06 bits per heavy atom. The molecular weight excluding hydrogens is 222 g/mol. The Morgan fingerprint density at radius 2 is 1.67 bits per heavy atom. The van der Waals surface area contributed by atoms with Crippen molar-refractivity contribution < 1.29 is 5.11 Å². The van der Waals surface area contributed by atoms with Crippen LogP contribution in [0, 0.1) is 20.8 Å².